The number of alkyl halides is 1. The summed E-state index contributed by atoms with van der Waals surface area (Å²) in [6, 6.07) is 9.19. The van der Waals surface area contributed by atoms with Gasteiger partial charge in [0.15, 0.2) is 5.82 Å². The monoisotopic (exact) mass is 338 g/mol. The maximum atomic E-state index is 13.0. The van der Waals surface area contributed by atoms with E-state index in [0.29, 0.717) is 11.4 Å². The fourth-order valence-electron chi connectivity index (χ4n) is 2.35. The maximum Gasteiger partial charge on any atom is 0.337 e. The molecular formula is C17H11FN4O3. The van der Waals surface area contributed by atoms with Gasteiger partial charge in [-0.3, -0.25) is 9.89 Å². The number of nitriles is 1. The molecule has 3 aromatic rings. The van der Waals surface area contributed by atoms with Crippen molar-refractivity contribution >= 4 is 5.97 Å². The molecule has 0 amide bonds. The third-order valence-corrected chi connectivity index (χ3v) is 3.65. The number of hydrogen-bond acceptors (Lipinski definition) is 4. The van der Waals surface area contributed by atoms with Crippen LogP contribution in [0.15, 0.2) is 47.5 Å². The van der Waals surface area contributed by atoms with Crippen molar-refractivity contribution in [2.75, 3.05) is 0 Å². The molecule has 0 atom stereocenters. The van der Waals surface area contributed by atoms with Crippen LogP contribution < -0.4 is 5.56 Å². The molecule has 0 unspecified atom stereocenters. The highest BCUT2D eigenvalue weighted by Crippen LogP contribution is 2.21. The summed E-state index contributed by atoms with van der Waals surface area (Å²) in [6.07, 6.45) is 2.66. The van der Waals surface area contributed by atoms with Gasteiger partial charge in [0.1, 0.15) is 6.67 Å². The molecule has 1 aromatic carbocycles. The number of carboxylic acid groups (broad SMARTS) is 1. The lowest BCUT2D eigenvalue weighted by molar-refractivity contribution is 0.0696. The molecule has 0 bridgehead atoms. The molecule has 0 aliphatic rings. The van der Waals surface area contributed by atoms with Crippen LogP contribution in [0, 0.1) is 11.3 Å². The lowest BCUT2D eigenvalue weighted by Gasteiger charge is -2.03. The fraction of sp³-hybridized carbons (Fsp3) is 0.0588. The lowest BCUT2D eigenvalue weighted by Crippen LogP contribution is -2.07. The number of carboxylic acids is 1. The van der Waals surface area contributed by atoms with Gasteiger partial charge in [0.05, 0.1) is 22.8 Å². The van der Waals surface area contributed by atoms with Crippen LogP contribution in [0.25, 0.3) is 16.9 Å². The second-order valence-electron chi connectivity index (χ2n) is 5.18. The fourth-order valence-corrected chi connectivity index (χ4v) is 2.35. The number of aromatic carboxylic acids is 1. The third-order valence-electron chi connectivity index (χ3n) is 3.65. The van der Waals surface area contributed by atoms with E-state index in [1.807, 2.05) is 6.07 Å². The predicted octanol–water partition coefficient (Wildman–Crippen LogP) is 2.27. The molecule has 3 rings (SSSR count). The lowest BCUT2D eigenvalue weighted by atomic mass is 10.0. The number of rotatable bonds is 4. The summed E-state index contributed by atoms with van der Waals surface area (Å²) in [5.41, 5.74) is 0.776. The Kier molecular flexibility index (Phi) is 4.14. The summed E-state index contributed by atoms with van der Waals surface area (Å²) >= 11 is 0. The van der Waals surface area contributed by atoms with Crippen LogP contribution >= 0.6 is 0 Å². The van der Waals surface area contributed by atoms with Crippen molar-refractivity contribution in [2.24, 2.45) is 0 Å². The Morgan fingerprint density at radius 2 is 2.16 bits per heavy atom. The van der Waals surface area contributed by atoms with Gasteiger partial charge in [0, 0.05) is 18.0 Å². The zero-order valence-corrected chi connectivity index (χ0v) is 12.7. The average Bonchev–Trinajstić information content (AvgIpc) is 3.03. The number of carbonyl (C=O) groups is 1. The van der Waals surface area contributed by atoms with E-state index in [0.717, 1.165) is 0 Å². The van der Waals surface area contributed by atoms with E-state index in [9.17, 15) is 14.0 Å². The molecule has 0 aliphatic heterocycles. The quantitative estimate of drug-likeness (QED) is 0.758. The number of H-pyrrole nitrogens is 1. The first-order valence-corrected chi connectivity index (χ1v) is 7.14. The van der Waals surface area contributed by atoms with E-state index in [-0.39, 0.29) is 22.3 Å². The number of pyridine rings is 1. The van der Waals surface area contributed by atoms with Gasteiger partial charge < -0.3 is 5.11 Å². The minimum absolute atomic E-state index is 0.0261. The Labute approximate surface area is 140 Å². The van der Waals surface area contributed by atoms with Crippen LogP contribution in [0.4, 0.5) is 4.39 Å². The minimum atomic E-state index is -1.10. The van der Waals surface area contributed by atoms with Crippen LogP contribution in [-0.2, 0) is 6.67 Å². The first-order valence-electron chi connectivity index (χ1n) is 7.14. The number of aromatic nitrogens is 3. The number of benzene rings is 1. The molecule has 0 spiro atoms. The Hall–Kier alpha value is -3.73. The van der Waals surface area contributed by atoms with Gasteiger partial charge in [0.2, 0.25) is 0 Å². The number of aromatic amines is 1. The molecule has 7 nitrogen and oxygen atoms in total. The molecule has 0 fully saturated rings. The van der Waals surface area contributed by atoms with E-state index in [4.69, 9.17) is 10.4 Å². The number of halogens is 1. The van der Waals surface area contributed by atoms with Crippen LogP contribution in [0.1, 0.15) is 21.5 Å². The molecule has 0 radical (unpaired) electrons. The highest BCUT2D eigenvalue weighted by molar-refractivity contribution is 5.87. The molecular weight excluding hydrogens is 327 g/mol. The normalized spacial score (nSPS) is 10.4. The van der Waals surface area contributed by atoms with Crippen LogP contribution in [0.5, 0.6) is 0 Å². The van der Waals surface area contributed by atoms with Gasteiger partial charge in [-0.05, 0) is 29.8 Å². The number of nitrogens with zero attached hydrogens (tertiary/aromatic N) is 3. The molecule has 2 aromatic heterocycles. The molecule has 0 saturated heterocycles. The second-order valence-corrected chi connectivity index (χ2v) is 5.18. The van der Waals surface area contributed by atoms with E-state index in [2.05, 4.69) is 10.1 Å². The van der Waals surface area contributed by atoms with E-state index in [1.165, 1.54) is 41.3 Å². The van der Waals surface area contributed by atoms with Gasteiger partial charge >= 0.3 is 5.97 Å². The Bertz CT molecular complexity index is 1040. The van der Waals surface area contributed by atoms with Gasteiger partial charge in [-0.1, -0.05) is 6.07 Å². The largest absolute Gasteiger partial charge is 0.478 e. The van der Waals surface area contributed by atoms with Gasteiger partial charge in [-0.2, -0.15) is 5.26 Å². The zero-order chi connectivity index (χ0) is 18.0. The van der Waals surface area contributed by atoms with Crippen molar-refractivity contribution in [1.82, 2.24) is 14.8 Å². The van der Waals surface area contributed by atoms with Gasteiger partial charge in [-0.25, -0.2) is 18.9 Å². The van der Waals surface area contributed by atoms with Crippen molar-refractivity contribution in [3.8, 4) is 23.0 Å². The highest BCUT2D eigenvalue weighted by atomic mass is 19.1. The molecule has 8 heteroatoms. The standard InChI is InChI=1S/C17H11FN4O3/c18-6-13-5-10(1-2-11(13)7-19)14-9-22(21-16(14)23)15-4-3-12(8-20-15)17(24)25/h1-5,8-9H,6H2,(H,21,23)(H,24,25). The molecule has 25 heavy (non-hydrogen) atoms. The van der Waals surface area contributed by atoms with Gasteiger partial charge in [0.25, 0.3) is 5.56 Å². The van der Waals surface area contributed by atoms with E-state index < -0.39 is 18.2 Å². The molecule has 2 N–H and O–H groups in total. The SMILES string of the molecule is N#Cc1ccc(-c2cn(-c3ccc(C(=O)O)cn3)[nH]c2=O)cc1CF. The van der Waals surface area contributed by atoms with Crippen LogP contribution in [0.2, 0.25) is 0 Å². The Morgan fingerprint density at radius 1 is 1.36 bits per heavy atom. The summed E-state index contributed by atoms with van der Waals surface area (Å²) in [6.45, 7) is -0.812. The van der Waals surface area contributed by atoms with Crippen LogP contribution in [0.3, 0.4) is 0 Å². The first kappa shape index (κ1) is 16.1. The molecule has 2 heterocycles. The third kappa shape index (κ3) is 3.03. The van der Waals surface area contributed by atoms with Crippen molar-refractivity contribution in [2.45, 2.75) is 6.67 Å². The minimum Gasteiger partial charge on any atom is -0.478 e. The summed E-state index contributed by atoms with van der Waals surface area (Å²) in [5.74, 6) is -0.773. The highest BCUT2D eigenvalue weighted by Gasteiger charge is 2.12. The maximum absolute atomic E-state index is 13.0. The second kappa shape index (κ2) is 6.41. The zero-order valence-electron chi connectivity index (χ0n) is 12.7. The van der Waals surface area contributed by atoms with Crippen molar-refractivity contribution in [3.05, 3.63) is 69.8 Å². The smallest absolute Gasteiger partial charge is 0.337 e. The first-order chi connectivity index (χ1) is 12.0. The summed E-state index contributed by atoms with van der Waals surface area (Å²) < 4.78 is 14.4. The topological polar surface area (TPSA) is 112 Å². The predicted molar refractivity (Wildman–Crippen MR) is 86.1 cm³/mol. The summed E-state index contributed by atoms with van der Waals surface area (Å²) in [4.78, 5) is 27.0. The summed E-state index contributed by atoms with van der Waals surface area (Å²) in [5, 5.41) is 20.4. The van der Waals surface area contributed by atoms with Gasteiger partial charge in [-0.15, -0.1) is 0 Å². The Morgan fingerprint density at radius 3 is 2.76 bits per heavy atom. The molecule has 0 saturated carbocycles. The van der Waals surface area contributed by atoms with Crippen molar-refractivity contribution in [1.29, 1.82) is 5.26 Å². The number of nitrogens with one attached hydrogen (secondary N) is 1. The molecule has 124 valence electrons. The van der Waals surface area contributed by atoms with Crippen LogP contribution in [-0.4, -0.2) is 25.8 Å². The van der Waals surface area contributed by atoms with E-state index in [1.54, 1.807) is 6.07 Å². The van der Waals surface area contributed by atoms with Crippen molar-refractivity contribution < 1.29 is 14.3 Å². The van der Waals surface area contributed by atoms with Crippen molar-refractivity contribution in [3.63, 3.8) is 0 Å². The molecule has 0 aliphatic carbocycles. The number of hydrogen-bond donors (Lipinski definition) is 2. The average molecular weight is 338 g/mol. The van der Waals surface area contributed by atoms with E-state index >= 15 is 0 Å². The summed E-state index contributed by atoms with van der Waals surface area (Å²) in [7, 11) is 0. The Balaban J connectivity index is 2.02.